The Morgan fingerprint density at radius 2 is 2.28 bits per heavy atom. The fourth-order valence-electron chi connectivity index (χ4n) is 1.57. The predicted molar refractivity (Wildman–Crippen MR) is 64.8 cm³/mol. The van der Waals surface area contributed by atoms with Gasteiger partial charge >= 0.3 is 0 Å². The molecule has 0 bridgehead atoms. The average molecular weight is 252 g/mol. The topological polar surface area (TPSA) is 86.3 Å². The fraction of sp³-hybridized carbons (Fsp3) is 0.417. The zero-order chi connectivity index (χ0) is 13.0. The lowest BCUT2D eigenvalue weighted by molar-refractivity contribution is 0.107. The first kappa shape index (κ1) is 12.5. The molecule has 0 saturated carbocycles. The number of nitrogens with two attached hydrogens (primary N) is 1. The van der Waals surface area contributed by atoms with Crippen molar-refractivity contribution in [1.29, 1.82) is 0 Å². The Kier molecular flexibility index (Phi) is 3.88. The van der Waals surface area contributed by atoms with Gasteiger partial charge < -0.3 is 25.2 Å². The van der Waals surface area contributed by atoms with Gasteiger partial charge in [0.1, 0.15) is 5.84 Å². The molecule has 0 saturated heterocycles. The molecule has 1 aromatic carbocycles. The largest absolute Gasteiger partial charge is 0.454 e. The van der Waals surface area contributed by atoms with Crippen LogP contribution in [0, 0.1) is 5.92 Å². The zero-order valence-corrected chi connectivity index (χ0v) is 10.1. The van der Waals surface area contributed by atoms with Crippen LogP contribution in [0.25, 0.3) is 0 Å². The molecule has 2 rings (SSSR count). The number of oxime groups is 1. The van der Waals surface area contributed by atoms with Crippen molar-refractivity contribution in [3.8, 4) is 11.5 Å². The lowest BCUT2D eigenvalue weighted by Crippen LogP contribution is -2.25. The van der Waals surface area contributed by atoms with E-state index in [4.69, 9.17) is 25.2 Å². The molecule has 3 N–H and O–H groups in total. The van der Waals surface area contributed by atoms with E-state index < -0.39 is 0 Å². The minimum atomic E-state index is -0.121. The highest BCUT2D eigenvalue weighted by atomic mass is 16.7. The summed E-state index contributed by atoms with van der Waals surface area (Å²) in [6.45, 7) is 2.93. The Balaban J connectivity index is 1.84. The number of fused-ring (bicyclic) bond motifs is 1. The van der Waals surface area contributed by atoms with Crippen molar-refractivity contribution in [2.75, 3.05) is 13.4 Å². The maximum absolute atomic E-state index is 8.50. The van der Waals surface area contributed by atoms with Gasteiger partial charge in [0.2, 0.25) is 6.79 Å². The van der Waals surface area contributed by atoms with Crippen molar-refractivity contribution in [1.82, 2.24) is 0 Å². The Hall–Kier alpha value is -1.95. The molecule has 6 heteroatoms. The van der Waals surface area contributed by atoms with Crippen LogP contribution in [-0.2, 0) is 11.3 Å². The van der Waals surface area contributed by atoms with E-state index in [-0.39, 0.29) is 18.5 Å². The van der Waals surface area contributed by atoms with Crippen molar-refractivity contribution < 1.29 is 19.4 Å². The molecule has 18 heavy (non-hydrogen) atoms. The van der Waals surface area contributed by atoms with E-state index in [2.05, 4.69) is 5.16 Å². The first-order valence-corrected chi connectivity index (χ1v) is 5.64. The van der Waals surface area contributed by atoms with Gasteiger partial charge in [-0.1, -0.05) is 18.1 Å². The lowest BCUT2D eigenvalue weighted by Gasteiger charge is -2.10. The molecule has 0 aliphatic carbocycles. The number of hydrogen-bond acceptors (Lipinski definition) is 5. The molecule has 0 radical (unpaired) electrons. The van der Waals surface area contributed by atoms with Gasteiger partial charge in [0, 0.05) is 5.92 Å². The second-order valence-electron chi connectivity index (χ2n) is 4.13. The van der Waals surface area contributed by atoms with Gasteiger partial charge in [-0.05, 0) is 17.7 Å². The van der Waals surface area contributed by atoms with Gasteiger partial charge in [0.25, 0.3) is 0 Å². The van der Waals surface area contributed by atoms with E-state index in [1.54, 1.807) is 0 Å². The summed E-state index contributed by atoms with van der Waals surface area (Å²) >= 11 is 0. The van der Waals surface area contributed by atoms with Gasteiger partial charge in [-0.25, -0.2) is 0 Å². The van der Waals surface area contributed by atoms with Crippen LogP contribution in [0.3, 0.4) is 0 Å². The van der Waals surface area contributed by atoms with Crippen LogP contribution in [0.5, 0.6) is 11.5 Å². The molecule has 1 aliphatic heterocycles. The van der Waals surface area contributed by atoms with Crippen molar-refractivity contribution in [3.63, 3.8) is 0 Å². The molecule has 0 amide bonds. The predicted octanol–water partition coefficient (Wildman–Crippen LogP) is 1.31. The standard InChI is InChI=1S/C12H16N2O4/c1-8(12(13)14-15)5-16-6-9-2-3-10-11(4-9)18-7-17-10/h2-4,8,15H,5-7H2,1H3,(H2,13,14). The van der Waals surface area contributed by atoms with Crippen LogP contribution < -0.4 is 15.2 Å². The average Bonchev–Trinajstić information content (AvgIpc) is 2.85. The van der Waals surface area contributed by atoms with Crippen molar-refractivity contribution in [2.24, 2.45) is 16.8 Å². The highest BCUT2D eigenvalue weighted by molar-refractivity contribution is 5.81. The summed E-state index contributed by atoms with van der Waals surface area (Å²) in [6, 6.07) is 5.66. The third-order valence-corrected chi connectivity index (χ3v) is 2.69. The highest BCUT2D eigenvalue weighted by Gasteiger charge is 2.13. The summed E-state index contributed by atoms with van der Waals surface area (Å²) in [5.41, 5.74) is 6.44. The van der Waals surface area contributed by atoms with E-state index in [0.717, 1.165) is 17.1 Å². The van der Waals surface area contributed by atoms with Crippen molar-refractivity contribution in [3.05, 3.63) is 23.8 Å². The maximum Gasteiger partial charge on any atom is 0.231 e. The molecule has 0 spiro atoms. The second-order valence-corrected chi connectivity index (χ2v) is 4.13. The molecule has 1 aromatic rings. The first-order chi connectivity index (χ1) is 8.70. The monoisotopic (exact) mass is 252 g/mol. The Labute approximate surface area is 105 Å². The van der Waals surface area contributed by atoms with Crippen LogP contribution in [0.2, 0.25) is 0 Å². The van der Waals surface area contributed by atoms with Gasteiger partial charge in [-0.2, -0.15) is 0 Å². The quantitative estimate of drug-likeness (QED) is 0.357. The fourth-order valence-corrected chi connectivity index (χ4v) is 1.57. The molecular weight excluding hydrogens is 236 g/mol. The highest BCUT2D eigenvalue weighted by Crippen LogP contribution is 2.32. The number of amidine groups is 1. The smallest absolute Gasteiger partial charge is 0.231 e. The summed E-state index contributed by atoms with van der Waals surface area (Å²) in [4.78, 5) is 0. The molecular formula is C12H16N2O4. The van der Waals surface area contributed by atoms with E-state index in [1.165, 1.54) is 0 Å². The molecule has 98 valence electrons. The molecule has 0 fully saturated rings. The van der Waals surface area contributed by atoms with Crippen LogP contribution in [0.1, 0.15) is 12.5 Å². The molecule has 1 heterocycles. The van der Waals surface area contributed by atoms with Gasteiger partial charge in [0.05, 0.1) is 13.2 Å². The number of benzene rings is 1. The van der Waals surface area contributed by atoms with Crippen LogP contribution in [-0.4, -0.2) is 24.4 Å². The summed E-state index contributed by atoms with van der Waals surface area (Å²) in [6.07, 6.45) is 0. The third-order valence-electron chi connectivity index (χ3n) is 2.69. The zero-order valence-electron chi connectivity index (χ0n) is 10.1. The minimum Gasteiger partial charge on any atom is -0.454 e. The van der Waals surface area contributed by atoms with Crippen LogP contribution in [0.15, 0.2) is 23.4 Å². The van der Waals surface area contributed by atoms with Gasteiger partial charge in [-0.15, -0.1) is 0 Å². The summed E-state index contributed by atoms with van der Waals surface area (Å²) in [5.74, 6) is 1.54. The minimum absolute atomic E-state index is 0.121. The number of ether oxygens (including phenoxy) is 3. The Bertz CT molecular complexity index is 448. The Morgan fingerprint density at radius 1 is 1.50 bits per heavy atom. The summed E-state index contributed by atoms with van der Waals surface area (Å²) < 4.78 is 16.0. The van der Waals surface area contributed by atoms with E-state index in [1.807, 2.05) is 25.1 Å². The number of nitrogens with zero attached hydrogens (tertiary/aromatic N) is 1. The van der Waals surface area contributed by atoms with Crippen LogP contribution in [0.4, 0.5) is 0 Å². The van der Waals surface area contributed by atoms with Crippen LogP contribution >= 0.6 is 0 Å². The van der Waals surface area contributed by atoms with E-state index in [9.17, 15) is 0 Å². The third kappa shape index (κ3) is 2.84. The van der Waals surface area contributed by atoms with E-state index >= 15 is 0 Å². The first-order valence-electron chi connectivity index (χ1n) is 5.64. The molecule has 1 atom stereocenters. The van der Waals surface area contributed by atoms with Crippen molar-refractivity contribution in [2.45, 2.75) is 13.5 Å². The number of rotatable bonds is 5. The normalized spacial score (nSPS) is 15.7. The van der Waals surface area contributed by atoms with Crippen molar-refractivity contribution >= 4 is 5.84 Å². The summed E-state index contributed by atoms with van der Waals surface area (Å²) in [7, 11) is 0. The lowest BCUT2D eigenvalue weighted by atomic mass is 10.2. The Morgan fingerprint density at radius 3 is 3.06 bits per heavy atom. The number of hydrogen-bond donors (Lipinski definition) is 2. The van der Waals surface area contributed by atoms with Gasteiger partial charge in [-0.3, -0.25) is 0 Å². The van der Waals surface area contributed by atoms with E-state index in [0.29, 0.717) is 13.2 Å². The van der Waals surface area contributed by atoms with Gasteiger partial charge in [0.15, 0.2) is 11.5 Å². The molecule has 1 unspecified atom stereocenters. The maximum atomic E-state index is 8.50. The molecule has 1 aliphatic rings. The summed E-state index contributed by atoms with van der Waals surface area (Å²) in [5, 5.41) is 11.4. The SMILES string of the molecule is CC(COCc1ccc2c(c1)OCO2)/C(N)=N/O. The second kappa shape index (κ2) is 5.59. The molecule has 0 aromatic heterocycles. The molecule has 6 nitrogen and oxygen atoms in total.